The van der Waals surface area contributed by atoms with Gasteiger partial charge < -0.3 is 10.1 Å². The third-order valence-corrected chi connectivity index (χ3v) is 5.93. The summed E-state index contributed by atoms with van der Waals surface area (Å²) in [6.07, 6.45) is 5.98. The first-order valence-electron chi connectivity index (χ1n) is 6.22. The molecule has 0 bridgehead atoms. The normalized spacial score (nSPS) is 27.1. The van der Waals surface area contributed by atoms with Gasteiger partial charge in [-0.3, -0.25) is 0 Å². The van der Waals surface area contributed by atoms with Crippen LogP contribution < -0.4 is 5.32 Å². The summed E-state index contributed by atoms with van der Waals surface area (Å²) in [4.78, 5) is 0. The molecule has 0 aromatic rings. The molecule has 0 aromatic heterocycles. The zero-order chi connectivity index (χ0) is 13.1. The zero-order valence-corrected chi connectivity index (χ0v) is 12.1. The molecule has 1 N–H and O–H groups in total. The van der Waals surface area contributed by atoms with Crippen molar-refractivity contribution < 1.29 is 13.2 Å². The van der Waals surface area contributed by atoms with E-state index in [4.69, 9.17) is 4.74 Å². The highest BCUT2D eigenvalue weighted by Crippen LogP contribution is 2.22. The summed E-state index contributed by atoms with van der Waals surface area (Å²) in [5.74, 6) is 0. The molecule has 0 radical (unpaired) electrons. The van der Waals surface area contributed by atoms with Crippen molar-refractivity contribution in [3.05, 3.63) is 0 Å². The first-order chi connectivity index (χ1) is 7.76. The minimum atomic E-state index is -3.02. The fourth-order valence-corrected chi connectivity index (χ4v) is 2.41. The van der Waals surface area contributed by atoms with E-state index in [2.05, 4.69) is 5.32 Å². The van der Waals surface area contributed by atoms with Crippen molar-refractivity contribution in [1.29, 1.82) is 0 Å². The van der Waals surface area contributed by atoms with E-state index >= 15 is 0 Å². The molecule has 1 aliphatic rings. The Morgan fingerprint density at radius 1 is 1.35 bits per heavy atom. The summed E-state index contributed by atoms with van der Waals surface area (Å²) < 4.78 is 27.8. The molecule has 2 atom stereocenters. The molecule has 102 valence electrons. The molecule has 0 heterocycles. The van der Waals surface area contributed by atoms with Crippen LogP contribution in [-0.4, -0.2) is 45.2 Å². The van der Waals surface area contributed by atoms with Crippen molar-refractivity contribution in [2.45, 2.75) is 56.4 Å². The molecule has 0 aromatic carbocycles. The number of methoxy groups -OCH3 is 1. The van der Waals surface area contributed by atoms with Gasteiger partial charge in [-0.2, -0.15) is 0 Å². The molecule has 1 saturated carbocycles. The van der Waals surface area contributed by atoms with Crippen LogP contribution in [0, 0.1) is 0 Å². The highest BCUT2D eigenvalue weighted by atomic mass is 32.2. The largest absolute Gasteiger partial charge is 0.381 e. The van der Waals surface area contributed by atoms with Crippen LogP contribution in [0.1, 0.15) is 39.5 Å². The Balaban J connectivity index is 2.45. The molecule has 5 heteroatoms. The second-order valence-electron chi connectivity index (χ2n) is 5.63. The van der Waals surface area contributed by atoms with Gasteiger partial charge in [0.15, 0.2) is 9.84 Å². The monoisotopic (exact) mass is 263 g/mol. The Morgan fingerprint density at radius 3 is 2.53 bits per heavy atom. The van der Waals surface area contributed by atoms with Crippen LogP contribution in [0.5, 0.6) is 0 Å². The van der Waals surface area contributed by atoms with Crippen molar-refractivity contribution in [1.82, 2.24) is 5.32 Å². The van der Waals surface area contributed by atoms with Crippen molar-refractivity contribution in [2.75, 3.05) is 19.9 Å². The number of nitrogens with one attached hydrogen (secondary N) is 1. The Morgan fingerprint density at radius 2 is 2.00 bits per heavy atom. The Kier molecular flexibility index (Phi) is 4.98. The van der Waals surface area contributed by atoms with Crippen molar-refractivity contribution >= 4 is 9.84 Å². The minimum absolute atomic E-state index is 0.322. The number of rotatable bonds is 5. The van der Waals surface area contributed by atoms with Crippen molar-refractivity contribution in [3.63, 3.8) is 0 Å². The highest BCUT2D eigenvalue weighted by Gasteiger charge is 2.31. The molecule has 0 saturated heterocycles. The average Bonchev–Trinajstić information content (AvgIpc) is 2.25. The molecular formula is C12H25NO3S. The van der Waals surface area contributed by atoms with Gasteiger partial charge in [-0.1, -0.05) is 0 Å². The molecule has 1 fully saturated rings. The first-order valence-corrected chi connectivity index (χ1v) is 8.11. The maximum atomic E-state index is 11.6. The molecule has 1 rings (SSSR count). The molecule has 2 unspecified atom stereocenters. The topological polar surface area (TPSA) is 55.4 Å². The highest BCUT2D eigenvalue weighted by molar-refractivity contribution is 7.92. The van der Waals surface area contributed by atoms with Crippen LogP contribution in [0.2, 0.25) is 0 Å². The molecule has 1 aliphatic carbocycles. The van der Waals surface area contributed by atoms with Gasteiger partial charge in [0.1, 0.15) is 0 Å². The lowest BCUT2D eigenvalue weighted by molar-refractivity contribution is 0.0586. The second-order valence-corrected chi connectivity index (χ2v) is 8.28. The zero-order valence-electron chi connectivity index (χ0n) is 11.3. The standard InChI is InChI=1S/C12H25NO3S/c1-12(2,17(4,14)15)9-13-10-6-5-7-11(8-10)16-3/h10-11,13H,5-9H2,1-4H3. The van der Waals surface area contributed by atoms with E-state index in [0.29, 0.717) is 18.7 Å². The van der Waals surface area contributed by atoms with E-state index in [1.165, 1.54) is 6.26 Å². The molecule has 4 nitrogen and oxygen atoms in total. The van der Waals surface area contributed by atoms with Gasteiger partial charge in [0, 0.05) is 26.0 Å². The van der Waals surface area contributed by atoms with Crippen LogP contribution in [0.3, 0.4) is 0 Å². The fourth-order valence-electron chi connectivity index (χ4n) is 2.07. The lowest BCUT2D eigenvalue weighted by atomic mass is 9.92. The van der Waals surface area contributed by atoms with Gasteiger partial charge in [-0.15, -0.1) is 0 Å². The van der Waals surface area contributed by atoms with Gasteiger partial charge in [0.05, 0.1) is 10.9 Å². The van der Waals surface area contributed by atoms with Crippen LogP contribution in [-0.2, 0) is 14.6 Å². The summed E-state index contributed by atoms with van der Waals surface area (Å²) in [5, 5.41) is 3.37. The third-order valence-electron chi connectivity index (χ3n) is 3.78. The summed E-state index contributed by atoms with van der Waals surface area (Å²) in [5.41, 5.74) is 0. The first kappa shape index (κ1) is 14.9. The Hall–Kier alpha value is -0.130. The number of hydrogen-bond acceptors (Lipinski definition) is 4. The van der Waals surface area contributed by atoms with E-state index in [1.54, 1.807) is 21.0 Å². The maximum absolute atomic E-state index is 11.6. The van der Waals surface area contributed by atoms with Crippen LogP contribution in [0.4, 0.5) is 0 Å². The van der Waals surface area contributed by atoms with Crippen molar-refractivity contribution in [2.24, 2.45) is 0 Å². The second kappa shape index (κ2) is 5.67. The van der Waals surface area contributed by atoms with Crippen molar-refractivity contribution in [3.8, 4) is 0 Å². The van der Waals surface area contributed by atoms with E-state index in [9.17, 15) is 8.42 Å². The molecular weight excluding hydrogens is 238 g/mol. The van der Waals surface area contributed by atoms with E-state index in [-0.39, 0.29) is 0 Å². The summed E-state index contributed by atoms with van der Waals surface area (Å²) in [7, 11) is -1.27. The fraction of sp³-hybridized carbons (Fsp3) is 1.00. The van der Waals surface area contributed by atoms with Gasteiger partial charge in [0.25, 0.3) is 0 Å². The van der Waals surface area contributed by atoms with Gasteiger partial charge >= 0.3 is 0 Å². The van der Waals surface area contributed by atoms with Gasteiger partial charge in [-0.05, 0) is 39.5 Å². The predicted octanol–water partition coefficient (Wildman–Crippen LogP) is 1.36. The lowest BCUT2D eigenvalue weighted by Crippen LogP contribution is -2.47. The number of ether oxygens (including phenoxy) is 1. The van der Waals surface area contributed by atoms with Gasteiger partial charge in [0.2, 0.25) is 0 Å². The minimum Gasteiger partial charge on any atom is -0.381 e. The SMILES string of the molecule is COC1CCCC(NCC(C)(C)S(C)(=O)=O)C1. The number of sulfone groups is 1. The van der Waals surface area contributed by atoms with E-state index in [1.807, 2.05) is 0 Å². The maximum Gasteiger partial charge on any atom is 0.153 e. The predicted molar refractivity (Wildman–Crippen MR) is 70.0 cm³/mol. The Bertz CT molecular complexity index is 338. The quantitative estimate of drug-likeness (QED) is 0.813. The lowest BCUT2D eigenvalue weighted by Gasteiger charge is -2.32. The summed E-state index contributed by atoms with van der Waals surface area (Å²) in [6, 6.07) is 0.384. The van der Waals surface area contributed by atoms with E-state index in [0.717, 1.165) is 25.7 Å². The number of hydrogen-bond donors (Lipinski definition) is 1. The average molecular weight is 263 g/mol. The smallest absolute Gasteiger partial charge is 0.153 e. The molecule has 0 spiro atoms. The molecule has 0 amide bonds. The Labute approximate surface area is 105 Å². The third kappa shape index (κ3) is 4.23. The molecule has 0 aliphatic heterocycles. The summed E-state index contributed by atoms with van der Waals surface area (Å²) in [6.45, 7) is 4.05. The summed E-state index contributed by atoms with van der Waals surface area (Å²) >= 11 is 0. The van der Waals surface area contributed by atoms with Gasteiger partial charge in [-0.25, -0.2) is 8.42 Å². The van der Waals surface area contributed by atoms with Crippen LogP contribution >= 0.6 is 0 Å². The van der Waals surface area contributed by atoms with Crippen LogP contribution in [0.25, 0.3) is 0 Å². The van der Waals surface area contributed by atoms with Crippen LogP contribution in [0.15, 0.2) is 0 Å². The molecule has 17 heavy (non-hydrogen) atoms. The van der Waals surface area contributed by atoms with E-state index < -0.39 is 14.6 Å².